The first-order valence-corrected chi connectivity index (χ1v) is 17.3. The van der Waals surface area contributed by atoms with Crippen LogP contribution in [0, 0.1) is 22.7 Å². The SMILES string of the molecule is CC(=N)c1ccc(OCc2ccc(CN3CCC(C4CCN(Cc5ccc(COc6ccc(C(=N)N)cc6)cc5)CC4)CC3)cc2)cc1. The molecule has 4 aromatic carbocycles. The molecule has 0 aromatic heterocycles. The molecule has 0 aliphatic carbocycles. The number of nitrogen functional groups attached to an aromatic ring is 1. The number of amidine groups is 1. The molecule has 2 heterocycles. The minimum absolute atomic E-state index is 0.0686. The average Bonchev–Trinajstić information content (AvgIpc) is 3.12. The first-order chi connectivity index (χ1) is 23.4. The number of ether oxygens (including phenoxy) is 2. The van der Waals surface area contributed by atoms with E-state index in [-0.39, 0.29) is 5.84 Å². The number of nitrogens with two attached hydrogens (primary N) is 1. The molecule has 2 aliphatic heterocycles. The van der Waals surface area contributed by atoms with Crippen molar-refractivity contribution in [1.82, 2.24) is 9.80 Å². The summed E-state index contributed by atoms with van der Waals surface area (Å²) in [4.78, 5) is 5.25. The normalized spacial score (nSPS) is 16.4. The lowest BCUT2D eigenvalue weighted by molar-refractivity contribution is 0.0910. The van der Waals surface area contributed by atoms with Crippen LogP contribution in [0.2, 0.25) is 0 Å². The fourth-order valence-electron chi connectivity index (χ4n) is 7.03. The lowest BCUT2D eigenvalue weighted by Gasteiger charge is -2.40. The Bertz CT molecular complexity index is 1490. The number of nitrogens with one attached hydrogen (secondary N) is 2. The molecule has 0 radical (unpaired) electrons. The summed E-state index contributed by atoms with van der Waals surface area (Å²) in [6.07, 6.45) is 5.26. The molecule has 7 nitrogen and oxygen atoms in total. The molecule has 0 saturated carbocycles. The van der Waals surface area contributed by atoms with Gasteiger partial charge in [-0.05, 0) is 147 Å². The van der Waals surface area contributed by atoms with Crippen molar-refractivity contribution in [3.63, 3.8) is 0 Å². The molecular formula is C41H49N5O2. The zero-order chi connectivity index (χ0) is 33.3. The van der Waals surface area contributed by atoms with Crippen LogP contribution in [0.25, 0.3) is 0 Å². The Morgan fingerprint density at radius 1 is 0.562 bits per heavy atom. The summed E-state index contributed by atoms with van der Waals surface area (Å²) in [5, 5.41) is 15.2. The van der Waals surface area contributed by atoms with E-state index in [0.717, 1.165) is 47.6 Å². The van der Waals surface area contributed by atoms with Gasteiger partial charge in [0, 0.05) is 24.4 Å². The molecule has 250 valence electrons. The molecule has 4 aromatic rings. The predicted molar refractivity (Wildman–Crippen MR) is 194 cm³/mol. The fraction of sp³-hybridized carbons (Fsp3) is 0.366. The van der Waals surface area contributed by atoms with Gasteiger partial charge in [-0.15, -0.1) is 0 Å². The van der Waals surface area contributed by atoms with Crippen molar-refractivity contribution < 1.29 is 9.47 Å². The Hall–Kier alpha value is -4.46. The Morgan fingerprint density at radius 2 is 0.917 bits per heavy atom. The lowest BCUT2D eigenvalue weighted by atomic mass is 9.78. The van der Waals surface area contributed by atoms with E-state index in [4.69, 9.17) is 26.0 Å². The summed E-state index contributed by atoms with van der Waals surface area (Å²) in [5.41, 5.74) is 12.8. The molecule has 4 N–H and O–H groups in total. The van der Waals surface area contributed by atoms with Crippen molar-refractivity contribution in [3.8, 4) is 11.5 Å². The third kappa shape index (κ3) is 9.33. The van der Waals surface area contributed by atoms with E-state index >= 15 is 0 Å². The quantitative estimate of drug-likeness (QED) is 0.103. The third-order valence-electron chi connectivity index (χ3n) is 10.1. The maximum Gasteiger partial charge on any atom is 0.122 e. The zero-order valence-corrected chi connectivity index (χ0v) is 28.2. The van der Waals surface area contributed by atoms with Crippen molar-refractivity contribution in [1.29, 1.82) is 10.8 Å². The van der Waals surface area contributed by atoms with E-state index in [1.54, 1.807) is 6.92 Å². The van der Waals surface area contributed by atoms with Gasteiger partial charge >= 0.3 is 0 Å². The van der Waals surface area contributed by atoms with Gasteiger partial charge in [-0.2, -0.15) is 0 Å². The summed E-state index contributed by atoms with van der Waals surface area (Å²) < 4.78 is 11.9. The zero-order valence-electron chi connectivity index (χ0n) is 28.2. The number of rotatable bonds is 13. The minimum Gasteiger partial charge on any atom is -0.489 e. The van der Waals surface area contributed by atoms with Gasteiger partial charge in [0.2, 0.25) is 0 Å². The second kappa shape index (κ2) is 16.1. The van der Waals surface area contributed by atoms with E-state index in [2.05, 4.69) is 58.3 Å². The Labute approximate surface area is 285 Å². The highest BCUT2D eigenvalue weighted by atomic mass is 16.5. The standard InChI is InChI=1S/C41H49N5O2/c1-30(42)35-10-14-39(15-11-35)47-28-33-6-2-31(3-7-33)26-45-22-18-36(19-23-45)37-20-24-46(25-21-37)27-32-4-8-34(9-5-32)29-48-40-16-12-38(13-17-40)41(43)44/h2-17,36-37,42H,18-29H2,1H3,(H3,43,44). The maximum atomic E-state index is 7.74. The number of nitrogens with zero attached hydrogens (tertiary/aromatic N) is 2. The summed E-state index contributed by atoms with van der Waals surface area (Å²) in [5.74, 6) is 3.40. The summed E-state index contributed by atoms with van der Waals surface area (Å²) in [6, 6.07) is 32.8. The van der Waals surface area contributed by atoms with E-state index in [9.17, 15) is 0 Å². The molecule has 0 amide bonds. The number of likely N-dealkylation sites (tertiary alicyclic amines) is 2. The second-order valence-electron chi connectivity index (χ2n) is 13.5. The number of hydrogen-bond donors (Lipinski definition) is 3. The molecular weight excluding hydrogens is 594 g/mol. The van der Waals surface area contributed by atoms with Crippen molar-refractivity contribution in [2.24, 2.45) is 17.6 Å². The van der Waals surface area contributed by atoms with Crippen LogP contribution in [-0.4, -0.2) is 47.5 Å². The van der Waals surface area contributed by atoms with E-state index in [1.165, 1.54) is 68.6 Å². The van der Waals surface area contributed by atoms with Gasteiger partial charge in [0.25, 0.3) is 0 Å². The van der Waals surface area contributed by atoms with Gasteiger partial charge in [-0.25, -0.2) is 0 Å². The molecule has 0 unspecified atom stereocenters. The van der Waals surface area contributed by atoms with Crippen LogP contribution in [0.5, 0.6) is 11.5 Å². The molecule has 7 heteroatoms. The van der Waals surface area contributed by atoms with E-state index in [1.807, 2.05) is 48.5 Å². The highest BCUT2D eigenvalue weighted by molar-refractivity contribution is 5.96. The summed E-state index contributed by atoms with van der Waals surface area (Å²) >= 11 is 0. The van der Waals surface area contributed by atoms with Crippen LogP contribution in [0.1, 0.15) is 66.0 Å². The smallest absolute Gasteiger partial charge is 0.122 e. The maximum absolute atomic E-state index is 7.74. The second-order valence-corrected chi connectivity index (χ2v) is 13.5. The molecule has 0 bridgehead atoms. The highest BCUT2D eigenvalue weighted by Gasteiger charge is 2.29. The van der Waals surface area contributed by atoms with Crippen molar-refractivity contribution in [3.05, 3.63) is 130 Å². The van der Waals surface area contributed by atoms with Crippen LogP contribution in [-0.2, 0) is 26.3 Å². The molecule has 0 atom stereocenters. The Balaban J connectivity index is 0.867. The van der Waals surface area contributed by atoms with Gasteiger partial charge in [0.1, 0.15) is 30.5 Å². The average molecular weight is 644 g/mol. The van der Waals surface area contributed by atoms with Crippen LogP contribution >= 0.6 is 0 Å². The third-order valence-corrected chi connectivity index (χ3v) is 10.1. The van der Waals surface area contributed by atoms with Gasteiger partial charge < -0.3 is 20.6 Å². The lowest BCUT2D eigenvalue weighted by Crippen LogP contribution is -2.40. The van der Waals surface area contributed by atoms with E-state index in [0.29, 0.717) is 24.5 Å². The van der Waals surface area contributed by atoms with E-state index < -0.39 is 0 Å². The van der Waals surface area contributed by atoms with Crippen molar-refractivity contribution >= 4 is 11.5 Å². The van der Waals surface area contributed by atoms with Gasteiger partial charge in [0.15, 0.2) is 0 Å². The predicted octanol–water partition coefficient (Wildman–Crippen LogP) is 7.64. The molecule has 6 rings (SSSR count). The van der Waals surface area contributed by atoms with Crippen LogP contribution in [0.15, 0.2) is 97.1 Å². The summed E-state index contributed by atoms with van der Waals surface area (Å²) in [7, 11) is 0. The van der Waals surface area contributed by atoms with Crippen LogP contribution < -0.4 is 15.2 Å². The van der Waals surface area contributed by atoms with Crippen LogP contribution in [0.3, 0.4) is 0 Å². The number of piperidine rings is 2. The molecule has 2 saturated heterocycles. The largest absolute Gasteiger partial charge is 0.489 e. The highest BCUT2D eigenvalue weighted by Crippen LogP contribution is 2.33. The molecule has 48 heavy (non-hydrogen) atoms. The Morgan fingerprint density at radius 3 is 1.27 bits per heavy atom. The van der Waals surface area contributed by atoms with Gasteiger partial charge in [-0.3, -0.25) is 15.2 Å². The van der Waals surface area contributed by atoms with Crippen LogP contribution in [0.4, 0.5) is 0 Å². The van der Waals surface area contributed by atoms with Crippen molar-refractivity contribution in [2.75, 3.05) is 26.2 Å². The molecule has 0 spiro atoms. The fourth-order valence-corrected chi connectivity index (χ4v) is 7.03. The molecule has 2 aliphatic rings. The van der Waals surface area contributed by atoms with Gasteiger partial charge in [0.05, 0.1) is 0 Å². The minimum atomic E-state index is 0.0686. The monoisotopic (exact) mass is 643 g/mol. The molecule has 2 fully saturated rings. The Kier molecular flexibility index (Phi) is 11.2. The number of benzene rings is 4. The van der Waals surface area contributed by atoms with Crippen molar-refractivity contribution in [2.45, 2.75) is 58.9 Å². The summed E-state index contributed by atoms with van der Waals surface area (Å²) in [6.45, 7) is 9.69. The van der Waals surface area contributed by atoms with Gasteiger partial charge in [-0.1, -0.05) is 48.5 Å². The first kappa shape index (κ1) is 33.4. The topological polar surface area (TPSA) is 98.7 Å². The number of hydrogen-bond acceptors (Lipinski definition) is 6. The first-order valence-electron chi connectivity index (χ1n) is 17.3.